The number of aromatic nitrogens is 4. The third-order valence-corrected chi connectivity index (χ3v) is 5.31. The van der Waals surface area contributed by atoms with Crippen LogP contribution in [0.15, 0.2) is 30.7 Å². The molecule has 3 aromatic rings. The van der Waals surface area contributed by atoms with Gasteiger partial charge in [-0.1, -0.05) is 11.6 Å². The van der Waals surface area contributed by atoms with Crippen molar-refractivity contribution >= 4 is 28.8 Å². The van der Waals surface area contributed by atoms with Crippen molar-refractivity contribution in [3.8, 4) is 11.3 Å². The summed E-state index contributed by atoms with van der Waals surface area (Å²) in [4.78, 5) is 10.4. The molecule has 0 bridgehead atoms. The molecule has 3 N–H and O–H groups in total. The highest BCUT2D eigenvalue weighted by Gasteiger charge is 2.16. The second-order valence-corrected chi connectivity index (χ2v) is 7.58. The molecule has 0 spiro atoms. The van der Waals surface area contributed by atoms with Crippen molar-refractivity contribution < 1.29 is 14.6 Å². The second-order valence-electron chi connectivity index (χ2n) is 7.17. The quantitative estimate of drug-likeness (QED) is 0.632. The minimum absolute atomic E-state index is 0.186. The molecule has 2 fully saturated rings. The number of hydrogen-bond acceptors (Lipinski definition) is 8. The van der Waals surface area contributed by atoms with Gasteiger partial charge in [-0.3, -0.25) is 0 Å². The minimum Gasteiger partial charge on any atom is -0.391 e. The summed E-state index contributed by atoms with van der Waals surface area (Å²) < 4.78 is 12.2. The van der Waals surface area contributed by atoms with Crippen LogP contribution in [0.1, 0.15) is 12.8 Å². The van der Waals surface area contributed by atoms with Gasteiger partial charge in [-0.25, -0.2) is 14.5 Å². The van der Waals surface area contributed by atoms with E-state index in [4.69, 9.17) is 31.9 Å². The lowest BCUT2D eigenvalue weighted by Gasteiger charge is -2.28. The monoisotopic (exact) mass is 432 g/mol. The van der Waals surface area contributed by atoms with Crippen molar-refractivity contribution in [2.75, 3.05) is 50.2 Å². The molecule has 9 nitrogen and oxygen atoms in total. The van der Waals surface area contributed by atoms with E-state index >= 15 is 0 Å². The summed E-state index contributed by atoms with van der Waals surface area (Å²) in [5.41, 5.74) is 9.13. The number of hydrogen-bond donors (Lipinski definition) is 2. The number of morpholine rings is 1. The third-order valence-electron chi connectivity index (χ3n) is 5.03. The van der Waals surface area contributed by atoms with Crippen molar-refractivity contribution in [1.29, 1.82) is 0 Å². The summed E-state index contributed by atoms with van der Waals surface area (Å²) in [6.07, 6.45) is 6.99. The normalized spacial score (nSPS) is 19.4. The standard InChI is InChI=1S/C15H15ClN6O.C5H10O2/c16-12-8-18-15(17)20-14(12)11-7-19-22-9-10(1-2-13(11)22)21-3-5-23-6-4-21;6-5-2-1-3-7-4-5/h1-2,7-9H,3-6H2,(H2,17,18,20);5-6H,1-4H2. The van der Waals surface area contributed by atoms with Gasteiger partial charge in [0.15, 0.2) is 0 Å². The van der Waals surface area contributed by atoms with E-state index in [1.165, 1.54) is 6.20 Å². The first-order chi connectivity index (χ1) is 14.6. The van der Waals surface area contributed by atoms with Gasteiger partial charge in [0.25, 0.3) is 0 Å². The zero-order valence-corrected chi connectivity index (χ0v) is 17.3. The van der Waals surface area contributed by atoms with Crippen LogP contribution in [-0.4, -0.2) is 70.3 Å². The molecule has 0 radical (unpaired) electrons. The Balaban J connectivity index is 0.000000265. The first-order valence-corrected chi connectivity index (χ1v) is 10.3. The molecule has 0 aromatic carbocycles. The molecule has 0 amide bonds. The van der Waals surface area contributed by atoms with Crippen molar-refractivity contribution in [2.24, 2.45) is 0 Å². The predicted molar refractivity (Wildman–Crippen MR) is 115 cm³/mol. The Hall–Kier alpha value is -2.46. The van der Waals surface area contributed by atoms with Crippen LogP contribution < -0.4 is 10.6 Å². The number of ether oxygens (including phenoxy) is 2. The molecular formula is C20H25ClN6O3. The number of rotatable bonds is 2. The number of nitrogens with zero attached hydrogens (tertiary/aromatic N) is 5. The number of anilines is 2. The molecule has 10 heteroatoms. The molecule has 160 valence electrons. The van der Waals surface area contributed by atoms with Crippen LogP contribution in [-0.2, 0) is 9.47 Å². The maximum atomic E-state index is 8.78. The Labute approximate surface area is 179 Å². The second kappa shape index (κ2) is 9.57. The van der Waals surface area contributed by atoms with E-state index < -0.39 is 0 Å². The number of aliphatic hydroxyl groups is 1. The third kappa shape index (κ3) is 4.81. The topological polar surface area (TPSA) is 111 Å². The molecule has 2 aliphatic heterocycles. The summed E-state index contributed by atoms with van der Waals surface area (Å²) in [7, 11) is 0. The molecule has 1 atom stereocenters. The Bertz CT molecular complexity index is 986. The molecule has 0 saturated carbocycles. The largest absolute Gasteiger partial charge is 0.391 e. The molecule has 2 saturated heterocycles. The summed E-state index contributed by atoms with van der Waals surface area (Å²) in [5, 5.41) is 13.7. The van der Waals surface area contributed by atoms with Gasteiger partial charge in [0.2, 0.25) is 5.95 Å². The summed E-state index contributed by atoms with van der Waals surface area (Å²) >= 11 is 6.20. The molecule has 0 aliphatic carbocycles. The SMILES string of the molecule is Nc1ncc(Cl)c(-c2cnn3cc(N4CCOCC4)ccc23)n1.OC1CCCOC1. The molecule has 2 aliphatic rings. The number of halogens is 1. The molecule has 3 aromatic heterocycles. The van der Waals surface area contributed by atoms with E-state index in [0.29, 0.717) is 17.3 Å². The highest BCUT2D eigenvalue weighted by atomic mass is 35.5. The van der Waals surface area contributed by atoms with Gasteiger partial charge in [-0.15, -0.1) is 0 Å². The number of nitrogens with two attached hydrogens (primary N) is 1. The number of fused-ring (bicyclic) bond motifs is 1. The summed E-state index contributed by atoms with van der Waals surface area (Å²) in [6.45, 7) is 4.63. The molecular weight excluding hydrogens is 408 g/mol. The highest BCUT2D eigenvalue weighted by Crippen LogP contribution is 2.30. The fourth-order valence-electron chi connectivity index (χ4n) is 3.46. The maximum absolute atomic E-state index is 8.78. The molecule has 30 heavy (non-hydrogen) atoms. The van der Waals surface area contributed by atoms with Gasteiger partial charge < -0.3 is 25.2 Å². The van der Waals surface area contributed by atoms with Gasteiger partial charge in [-0.05, 0) is 25.0 Å². The van der Waals surface area contributed by atoms with Crippen molar-refractivity contribution in [3.05, 3.63) is 35.7 Å². The lowest BCUT2D eigenvalue weighted by molar-refractivity contribution is -0.00535. The number of pyridine rings is 1. The highest BCUT2D eigenvalue weighted by molar-refractivity contribution is 6.33. The minimum atomic E-state index is -0.186. The van der Waals surface area contributed by atoms with E-state index in [-0.39, 0.29) is 12.1 Å². The van der Waals surface area contributed by atoms with Crippen LogP contribution >= 0.6 is 11.6 Å². The average molecular weight is 433 g/mol. The van der Waals surface area contributed by atoms with Crippen LogP contribution in [0.3, 0.4) is 0 Å². The average Bonchev–Trinajstić information content (AvgIpc) is 3.20. The zero-order valence-electron chi connectivity index (χ0n) is 16.6. The lowest BCUT2D eigenvalue weighted by atomic mass is 10.2. The van der Waals surface area contributed by atoms with Gasteiger partial charge in [-0.2, -0.15) is 5.10 Å². The van der Waals surface area contributed by atoms with E-state index in [9.17, 15) is 0 Å². The Morgan fingerprint density at radius 3 is 2.67 bits per heavy atom. The lowest BCUT2D eigenvalue weighted by Crippen LogP contribution is -2.36. The molecule has 1 unspecified atom stereocenters. The van der Waals surface area contributed by atoms with Gasteiger partial charge in [0.05, 0.1) is 66.4 Å². The van der Waals surface area contributed by atoms with E-state index in [1.807, 2.05) is 16.8 Å². The number of aliphatic hydroxyl groups excluding tert-OH is 1. The van der Waals surface area contributed by atoms with Crippen molar-refractivity contribution in [2.45, 2.75) is 18.9 Å². The zero-order chi connectivity index (χ0) is 20.9. The van der Waals surface area contributed by atoms with Gasteiger partial charge >= 0.3 is 0 Å². The van der Waals surface area contributed by atoms with Crippen molar-refractivity contribution in [1.82, 2.24) is 19.6 Å². The molecule has 5 rings (SSSR count). The summed E-state index contributed by atoms with van der Waals surface area (Å²) in [5.74, 6) is 0.189. The number of nitrogen functional groups attached to an aromatic ring is 1. The van der Waals surface area contributed by atoms with E-state index in [0.717, 1.165) is 62.5 Å². The Kier molecular flexibility index (Phi) is 6.63. The molecule has 5 heterocycles. The summed E-state index contributed by atoms with van der Waals surface area (Å²) in [6, 6.07) is 4.09. The van der Waals surface area contributed by atoms with Crippen LogP contribution in [0.2, 0.25) is 5.02 Å². The predicted octanol–water partition coefficient (Wildman–Crippen LogP) is 2.02. The smallest absolute Gasteiger partial charge is 0.220 e. The maximum Gasteiger partial charge on any atom is 0.220 e. The fraction of sp³-hybridized carbons (Fsp3) is 0.450. The van der Waals surface area contributed by atoms with Crippen LogP contribution in [0.5, 0.6) is 0 Å². The van der Waals surface area contributed by atoms with Gasteiger partial charge in [0.1, 0.15) is 0 Å². The van der Waals surface area contributed by atoms with Crippen molar-refractivity contribution in [3.63, 3.8) is 0 Å². The Morgan fingerprint density at radius 2 is 1.97 bits per heavy atom. The van der Waals surface area contributed by atoms with Crippen LogP contribution in [0, 0.1) is 0 Å². The first-order valence-electron chi connectivity index (χ1n) is 9.96. The first kappa shape index (κ1) is 20.8. The van der Waals surface area contributed by atoms with Crippen LogP contribution in [0.25, 0.3) is 16.8 Å². The van der Waals surface area contributed by atoms with E-state index in [2.05, 4.69) is 26.0 Å². The van der Waals surface area contributed by atoms with E-state index in [1.54, 1.807) is 6.20 Å². The van der Waals surface area contributed by atoms with Crippen LogP contribution in [0.4, 0.5) is 11.6 Å². The van der Waals surface area contributed by atoms with Gasteiger partial charge in [0, 0.05) is 25.3 Å². The fourth-order valence-corrected chi connectivity index (χ4v) is 3.65. The Morgan fingerprint density at radius 1 is 1.13 bits per heavy atom.